The number of carboxylic acids is 1. The van der Waals surface area contributed by atoms with E-state index in [1.165, 1.54) is 0 Å². The van der Waals surface area contributed by atoms with Crippen LogP contribution in [0, 0.1) is 5.92 Å². The highest BCUT2D eigenvalue weighted by Gasteiger charge is 2.29. The van der Waals surface area contributed by atoms with Crippen LogP contribution in [0.3, 0.4) is 0 Å². The third-order valence-electron chi connectivity index (χ3n) is 3.62. The van der Waals surface area contributed by atoms with Crippen molar-refractivity contribution < 1.29 is 9.90 Å². The fourth-order valence-electron chi connectivity index (χ4n) is 2.54. The number of benzene rings is 1. The average molecular weight is 311 g/mol. The SMILES string of the molecule is O=C(O)C1CCn2c(-c3ccc(Cl)cc3)nc(Cl)c2C1. The Morgan fingerprint density at radius 1 is 1.30 bits per heavy atom. The van der Waals surface area contributed by atoms with E-state index in [0.29, 0.717) is 29.6 Å². The van der Waals surface area contributed by atoms with Gasteiger partial charge in [0.15, 0.2) is 5.15 Å². The van der Waals surface area contributed by atoms with Crippen LogP contribution in [-0.2, 0) is 17.8 Å². The van der Waals surface area contributed by atoms with Crippen molar-refractivity contribution in [2.45, 2.75) is 19.4 Å². The standard InChI is InChI=1S/C14H12Cl2N2O2/c15-10-3-1-8(2-4-10)13-17-12(16)11-7-9(14(19)20)5-6-18(11)13/h1-4,9H,5-7H2,(H,19,20). The molecule has 0 aliphatic carbocycles. The number of hydrogen-bond donors (Lipinski definition) is 1. The van der Waals surface area contributed by atoms with Crippen molar-refractivity contribution >= 4 is 29.2 Å². The molecule has 1 atom stereocenters. The summed E-state index contributed by atoms with van der Waals surface area (Å²) in [5.41, 5.74) is 1.73. The molecule has 0 saturated carbocycles. The Morgan fingerprint density at radius 3 is 2.65 bits per heavy atom. The highest BCUT2D eigenvalue weighted by molar-refractivity contribution is 6.31. The second-order valence-corrected chi connectivity index (χ2v) is 5.65. The molecule has 4 nitrogen and oxygen atoms in total. The van der Waals surface area contributed by atoms with E-state index in [4.69, 9.17) is 28.3 Å². The molecule has 20 heavy (non-hydrogen) atoms. The number of fused-ring (bicyclic) bond motifs is 1. The summed E-state index contributed by atoms with van der Waals surface area (Å²) in [7, 11) is 0. The summed E-state index contributed by atoms with van der Waals surface area (Å²) in [5, 5.41) is 10.2. The molecule has 1 aromatic carbocycles. The van der Waals surface area contributed by atoms with Gasteiger partial charge in [0, 0.05) is 23.6 Å². The summed E-state index contributed by atoms with van der Waals surface area (Å²) in [6.45, 7) is 0.615. The first-order valence-corrected chi connectivity index (χ1v) is 7.05. The smallest absolute Gasteiger partial charge is 0.306 e. The minimum absolute atomic E-state index is 0.380. The number of rotatable bonds is 2. The predicted molar refractivity (Wildman–Crippen MR) is 77.1 cm³/mol. The van der Waals surface area contributed by atoms with Crippen LogP contribution in [-0.4, -0.2) is 20.6 Å². The van der Waals surface area contributed by atoms with Crippen LogP contribution in [0.2, 0.25) is 10.2 Å². The van der Waals surface area contributed by atoms with Crippen LogP contribution < -0.4 is 0 Å². The van der Waals surface area contributed by atoms with Crippen molar-refractivity contribution in [1.29, 1.82) is 0 Å². The Labute approximate surface area is 126 Å². The molecule has 2 heterocycles. The second kappa shape index (κ2) is 5.11. The monoisotopic (exact) mass is 310 g/mol. The fraction of sp³-hybridized carbons (Fsp3) is 0.286. The summed E-state index contributed by atoms with van der Waals surface area (Å²) >= 11 is 12.0. The van der Waals surface area contributed by atoms with Gasteiger partial charge in [0.25, 0.3) is 0 Å². The zero-order chi connectivity index (χ0) is 14.3. The number of imidazole rings is 1. The van der Waals surface area contributed by atoms with E-state index >= 15 is 0 Å². The van der Waals surface area contributed by atoms with Gasteiger partial charge in [-0.05, 0) is 30.7 Å². The van der Waals surface area contributed by atoms with Crippen LogP contribution >= 0.6 is 23.2 Å². The molecule has 1 N–H and O–H groups in total. The molecule has 1 aliphatic rings. The first-order chi connectivity index (χ1) is 9.56. The van der Waals surface area contributed by atoms with E-state index in [1.54, 1.807) is 12.1 Å². The fourth-order valence-corrected chi connectivity index (χ4v) is 2.93. The lowest BCUT2D eigenvalue weighted by Crippen LogP contribution is -2.25. The van der Waals surface area contributed by atoms with Crippen molar-refractivity contribution in [2.75, 3.05) is 0 Å². The van der Waals surface area contributed by atoms with Crippen LogP contribution in [0.4, 0.5) is 0 Å². The van der Waals surface area contributed by atoms with E-state index in [-0.39, 0.29) is 5.92 Å². The predicted octanol–water partition coefficient (Wildman–Crippen LogP) is 3.50. The number of carbonyl (C=O) groups is 1. The van der Waals surface area contributed by atoms with Gasteiger partial charge in [0.05, 0.1) is 11.6 Å². The third-order valence-corrected chi connectivity index (χ3v) is 4.17. The van der Waals surface area contributed by atoms with Crippen LogP contribution in [0.15, 0.2) is 24.3 Å². The highest BCUT2D eigenvalue weighted by Crippen LogP contribution is 2.32. The Balaban J connectivity index is 2.02. The molecule has 0 bridgehead atoms. The maximum Gasteiger partial charge on any atom is 0.306 e. The Kier molecular flexibility index (Phi) is 3.44. The van der Waals surface area contributed by atoms with Crippen molar-refractivity contribution in [3.8, 4) is 11.4 Å². The Bertz CT molecular complexity index is 665. The molecule has 0 saturated heterocycles. The van der Waals surface area contributed by atoms with Crippen molar-refractivity contribution in [1.82, 2.24) is 9.55 Å². The summed E-state index contributed by atoms with van der Waals surface area (Å²) in [6, 6.07) is 7.37. The zero-order valence-electron chi connectivity index (χ0n) is 10.5. The lowest BCUT2D eigenvalue weighted by atomic mass is 9.96. The molecular formula is C14H12Cl2N2O2. The Morgan fingerprint density at radius 2 is 2.00 bits per heavy atom. The molecule has 1 aromatic heterocycles. The topological polar surface area (TPSA) is 55.1 Å². The third kappa shape index (κ3) is 2.30. The van der Waals surface area contributed by atoms with E-state index < -0.39 is 5.97 Å². The van der Waals surface area contributed by atoms with Crippen molar-refractivity contribution in [2.24, 2.45) is 5.92 Å². The van der Waals surface area contributed by atoms with E-state index in [2.05, 4.69) is 4.98 Å². The molecule has 0 radical (unpaired) electrons. The summed E-state index contributed by atoms with van der Waals surface area (Å²) in [6.07, 6.45) is 1.02. The second-order valence-electron chi connectivity index (χ2n) is 4.86. The van der Waals surface area contributed by atoms with Gasteiger partial charge < -0.3 is 9.67 Å². The van der Waals surface area contributed by atoms with Gasteiger partial charge in [-0.25, -0.2) is 4.98 Å². The number of hydrogen-bond acceptors (Lipinski definition) is 2. The first kappa shape index (κ1) is 13.5. The molecule has 1 unspecified atom stereocenters. The maximum absolute atomic E-state index is 11.1. The molecular weight excluding hydrogens is 299 g/mol. The van der Waals surface area contributed by atoms with Gasteiger partial charge >= 0.3 is 5.97 Å². The summed E-state index contributed by atoms with van der Waals surface area (Å²) in [4.78, 5) is 15.5. The van der Waals surface area contributed by atoms with Crippen molar-refractivity contribution in [3.63, 3.8) is 0 Å². The lowest BCUT2D eigenvalue weighted by molar-refractivity contribution is -0.142. The molecule has 6 heteroatoms. The van der Waals surface area contributed by atoms with Crippen LogP contribution in [0.1, 0.15) is 12.1 Å². The number of aromatic nitrogens is 2. The van der Waals surface area contributed by atoms with E-state index in [9.17, 15) is 4.79 Å². The Hall–Kier alpha value is -1.52. The summed E-state index contributed by atoms with van der Waals surface area (Å²) in [5.74, 6) is -0.387. The molecule has 1 aliphatic heterocycles. The molecule has 2 aromatic rings. The quantitative estimate of drug-likeness (QED) is 0.923. The number of aliphatic carboxylic acids is 1. The maximum atomic E-state index is 11.1. The van der Waals surface area contributed by atoms with Gasteiger partial charge in [0.2, 0.25) is 0 Å². The van der Waals surface area contributed by atoms with Gasteiger partial charge in [-0.15, -0.1) is 0 Å². The normalized spacial score (nSPS) is 17.8. The van der Waals surface area contributed by atoms with E-state index in [0.717, 1.165) is 17.1 Å². The van der Waals surface area contributed by atoms with E-state index in [1.807, 2.05) is 16.7 Å². The minimum Gasteiger partial charge on any atom is -0.481 e. The van der Waals surface area contributed by atoms with Gasteiger partial charge in [0.1, 0.15) is 5.82 Å². The minimum atomic E-state index is -0.776. The average Bonchev–Trinajstić information content (AvgIpc) is 2.76. The largest absolute Gasteiger partial charge is 0.481 e. The van der Waals surface area contributed by atoms with Crippen LogP contribution in [0.5, 0.6) is 0 Å². The number of halogens is 2. The molecule has 0 amide bonds. The molecule has 104 valence electrons. The zero-order valence-corrected chi connectivity index (χ0v) is 12.0. The number of carboxylic acid groups (broad SMARTS) is 1. The van der Waals surface area contributed by atoms with Crippen LogP contribution in [0.25, 0.3) is 11.4 Å². The first-order valence-electron chi connectivity index (χ1n) is 6.30. The van der Waals surface area contributed by atoms with Gasteiger partial charge in [-0.1, -0.05) is 23.2 Å². The van der Waals surface area contributed by atoms with Gasteiger partial charge in [-0.2, -0.15) is 0 Å². The lowest BCUT2D eigenvalue weighted by Gasteiger charge is -2.22. The highest BCUT2D eigenvalue weighted by atomic mass is 35.5. The van der Waals surface area contributed by atoms with Crippen molar-refractivity contribution in [3.05, 3.63) is 40.1 Å². The number of nitrogens with zero attached hydrogens (tertiary/aromatic N) is 2. The van der Waals surface area contributed by atoms with Gasteiger partial charge in [-0.3, -0.25) is 4.79 Å². The summed E-state index contributed by atoms with van der Waals surface area (Å²) < 4.78 is 2.00. The molecule has 0 spiro atoms. The molecule has 0 fully saturated rings. The molecule has 3 rings (SSSR count).